The lowest BCUT2D eigenvalue weighted by atomic mass is 9.96. The molecule has 1 amide bonds. The molecule has 0 atom stereocenters. The minimum Gasteiger partial charge on any atom is -0.493 e. The predicted octanol–water partition coefficient (Wildman–Crippen LogP) is 4.03. The Morgan fingerprint density at radius 2 is 1.64 bits per heavy atom. The van der Waals surface area contributed by atoms with Crippen LogP contribution in [0, 0.1) is 22.7 Å². The molecule has 4 N–H and O–H groups in total. The van der Waals surface area contributed by atoms with Crippen LogP contribution in [0.5, 0.6) is 17.2 Å². The molecule has 2 heterocycles. The Hall–Kier alpha value is -5.51. The molecular weight excluding hydrogens is 606 g/mol. The molecule has 0 unspecified atom stereocenters. The molecule has 4 rings (SSSR count). The van der Waals surface area contributed by atoms with Crippen LogP contribution < -0.4 is 30.0 Å². The number of nitrogen functional groups attached to an aromatic ring is 1. The predicted molar refractivity (Wildman–Crippen MR) is 164 cm³/mol. The number of anilines is 3. The van der Waals surface area contributed by atoms with Gasteiger partial charge in [-0.25, -0.2) is 18.4 Å². The van der Waals surface area contributed by atoms with Crippen molar-refractivity contribution in [3.63, 3.8) is 0 Å². The molecule has 13 nitrogen and oxygen atoms in total. The van der Waals surface area contributed by atoms with E-state index >= 15 is 0 Å². The van der Waals surface area contributed by atoms with Crippen LogP contribution in [0.3, 0.4) is 0 Å². The quantitative estimate of drug-likeness (QED) is 0.201. The fraction of sp³-hybridized carbons (Fsp3) is 0.138. The normalized spacial score (nSPS) is 10.7. The maximum atomic E-state index is 12.8. The maximum Gasteiger partial charge on any atom is 0.263 e. The van der Waals surface area contributed by atoms with Crippen molar-refractivity contribution < 1.29 is 27.4 Å². The summed E-state index contributed by atoms with van der Waals surface area (Å²) in [6, 6.07) is 17.6. The summed E-state index contributed by atoms with van der Waals surface area (Å²) < 4.78 is 43.9. The molecule has 224 valence electrons. The molecule has 0 bridgehead atoms. The number of sulfonamides is 1. The number of benzene rings is 2. The number of amides is 1. The van der Waals surface area contributed by atoms with Crippen LogP contribution in [0.25, 0.3) is 11.1 Å². The Morgan fingerprint density at radius 3 is 2.18 bits per heavy atom. The summed E-state index contributed by atoms with van der Waals surface area (Å²) in [6.45, 7) is 0. The number of carbonyl (C=O) groups is 1. The van der Waals surface area contributed by atoms with E-state index in [4.69, 9.17) is 19.9 Å². The number of hydrogen-bond acceptors (Lipinski definition) is 12. The summed E-state index contributed by atoms with van der Waals surface area (Å²) in [7, 11) is 0.428. The molecule has 0 aliphatic heterocycles. The van der Waals surface area contributed by atoms with Crippen LogP contribution in [0.15, 0.2) is 70.7 Å². The Labute approximate surface area is 257 Å². The first kappa shape index (κ1) is 31.4. The highest BCUT2D eigenvalue weighted by atomic mass is 32.2. The van der Waals surface area contributed by atoms with Gasteiger partial charge in [0.1, 0.15) is 34.4 Å². The number of ether oxygens (including phenoxy) is 3. The van der Waals surface area contributed by atoms with Gasteiger partial charge in [0.05, 0.1) is 37.5 Å². The van der Waals surface area contributed by atoms with Crippen LogP contribution in [0.2, 0.25) is 0 Å². The number of hydrogen-bond donors (Lipinski definition) is 3. The van der Waals surface area contributed by atoms with Gasteiger partial charge < -0.3 is 25.3 Å². The molecule has 0 saturated heterocycles. The van der Waals surface area contributed by atoms with Crippen molar-refractivity contribution in [1.29, 1.82) is 10.5 Å². The molecule has 2 aromatic carbocycles. The van der Waals surface area contributed by atoms with Crippen LogP contribution in [0.4, 0.5) is 17.3 Å². The number of carbonyl (C=O) groups excluding carboxylic acids is 1. The minimum atomic E-state index is -3.89. The number of aromatic nitrogens is 2. The highest BCUT2D eigenvalue weighted by Crippen LogP contribution is 2.44. The van der Waals surface area contributed by atoms with Crippen molar-refractivity contribution >= 4 is 45.0 Å². The third-order valence-electron chi connectivity index (χ3n) is 6.06. The van der Waals surface area contributed by atoms with E-state index in [2.05, 4.69) is 26.1 Å². The van der Waals surface area contributed by atoms with Gasteiger partial charge in [0, 0.05) is 17.4 Å². The second kappa shape index (κ2) is 13.6. The number of thioether (sulfide) groups is 1. The number of nitriles is 2. The largest absolute Gasteiger partial charge is 0.493 e. The minimum absolute atomic E-state index is 0.0224. The van der Waals surface area contributed by atoms with Gasteiger partial charge in [0.15, 0.2) is 11.5 Å². The molecule has 2 aromatic heterocycles. The Bertz CT molecular complexity index is 1860. The van der Waals surface area contributed by atoms with Gasteiger partial charge in [-0.15, -0.1) is 0 Å². The van der Waals surface area contributed by atoms with E-state index in [-0.39, 0.29) is 44.0 Å². The third-order valence-corrected chi connectivity index (χ3v) is 8.41. The average Bonchev–Trinajstić information content (AvgIpc) is 3.03. The van der Waals surface area contributed by atoms with Crippen molar-refractivity contribution in [2.75, 3.05) is 42.9 Å². The number of rotatable bonds is 11. The van der Waals surface area contributed by atoms with E-state index in [1.54, 1.807) is 24.3 Å². The second-order valence-corrected chi connectivity index (χ2v) is 11.4. The molecule has 0 fully saturated rings. The lowest BCUT2D eigenvalue weighted by Crippen LogP contribution is -2.16. The fourth-order valence-electron chi connectivity index (χ4n) is 4.08. The van der Waals surface area contributed by atoms with E-state index in [9.17, 15) is 23.7 Å². The lowest BCUT2D eigenvalue weighted by Gasteiger charge is -2.17. The topological polar surface area (TPSA) is 202 Å². The molecular formula is C29H25N7O6S2. The van der Waals surface area contributed by atoms with Gasteiger partial charge in [-0.1, -0.05) is 17.8 Å². The smallest absolute Gasteiger partial charge is 0.263 e. The van der Waals surface area contributed by atoms with Gasteiger partial charge in [-0.05, 0) is 54.1 Å². The van der Waals surface area contributed by atoms with Crippen LogP contribution in [0.1, 0.15) is 11.1 Å². The van der Waals surface area contributed by atoms with Gasteiger partial charge in [0.2, 0.25) is 11.7 Å². The zero-order valence-electron chi connectivity index (χ0n) is 23.6. The third kappa shape index (κ3) is 6.75. The average molecular weight is 632 g/mol. The van der Waals surface area contributed by atoms with Crippen molar-refractivity contribution in [3.8, 4) is 40.5 Å². The van der Waals surface area contributed by atoms with Gasteiger partial charge >= 0.3 is 0 Å². The molecule has 0 aliphatic carbocycles. The zero-order valence-corrected chi connectivity index (χ0v) is 25.2. The standard InChI is InChI=1S/C29H25N7O6S2/c1-40-22-12-17(13-23(41-2)27(22)42-3)26-20(14-30)28(32)35-29(21(26)15-31)43-16-25(37)34-18-7-9-19(10-8-18)44(38,39)36-24-6-4-5-11-33-24/h4-13H,16H2,1-3H3,(H2,32,35)(H,33,36)(H,34,37). The SMILES string of the molecule is COc1cc(-c2c(C#N)c(N)nc(SCC(=O)Nc3ccc(S(=O)(=O)Nc4ccccn4)cc3)c2C#N)cc(OC)c1OC. The van der Waals surface area contributed by atoms with Gasteiger partial charge in [-0.3, -0.25) is 9.52 Å². The number of nitrogens with zero attached hydrogens (tertiary/aromatic N) is 4. The van der Waals surface area contributed by atoms with Crippen molar-refractivity contribution in [2.45, 2.75) is 9.92 Å². The highest BCUT2D eigenvalue weighted by molar-refractivity contribution is 8.00. The number of methoxy groups -OCH3 is 3. The number of nitrogens with one attached hydrogen (secondary N) is 2. The Morgan fingerprint density at radius 1 is 0.977 bits per heavy atom. The van der Waals surface area contributed by atoms with Gasteiger partial charge in [-0.2, -0.15) is 10.5 Å². The molecule has 4 aromatic rings. The fourth-order valence-corrected chi connectivity index (χ4v) is 5.89. The van der Waals surface area contributed by atoms with E-state index in [1.165, 1.54) is 57.9 Å². The first-order valence-electron chi connectivity index (χ1n) is 12.6. The first-order chi connectivity index (χ1) is 21.1. The first-order valence-corrected chi connectivity index (χ1v) is 15.0. The Kier molecular flexibility index (Phi) is 9.74. The summed E-state index contributed by atoms with van der Waals surface area (Å²) in [5.41, 5.74) is 7.04. The molecule has 15 heteroatoms. The summed E-state index contributed by atoms with van der Waals surface area (Å²) in [5, 5.41) is 22.8. The summed E-state index contributed by atoms with van der Waals surface area (Å²) in [4.78, 5) is 20.9. The summed E-state index contributed by atoms with van der Waals surface area (Å²) >= 11 is 0.942. The van der Waals surface area contributed by atoms with Crippen LogP contribution in [-0.2, 0) is 14.8 Å². The summed E-state index contributed by atoms with van der Waals surface area (Å²) in [5.74, 6) is 0.316. The molecule has 0 saturated carbocycles. The summed E-state index contributed by atoms with van der Waals surface area (Å²) in [6.07, 6.45) is 1.46. The molecule has 0 aliphatic rings. The van der Waals surface area contributed by atoms with Crippen LogP contribution >= 0.6 is 11.8 Å². The number of nitrogens with two attached hydrogens (primary N) is 1. The van der Waals surface area contributed by atoms with E-state index in [0.29, 0.717) is 28.5 Å². The molecule has 44 heavy (non-hydrogen) atoms. The van der Waals surface area contributed by atoms with E-state index < -0.39 is 15.9 Å². The molecule has 0 spiro atoms. The van der Waals surface area contributed by atoms with Crippen LogP contribution in [-0.4, -0.2) is 51.4 Å². The van der Waals surface area contributed by atoms with Crippen molar-refractivity contribution in [3.05, 3.63) is 71.9 Å². The number of pyridine rings is 2. The Balaban J connectivity index is 1.56. The van der Waals surface area contributed by atoms with Crippen molar-refractivity contribution in [1.82, 2.24) is 9.97 Å². The second-order valence-electron chi connectivity index (χ2n) is 8.75. The molecule has 0 radical (unpaired) electrons. The van der Waals surface area contributed by atoms with Crippen molar-refractivity contribution in [2.24, 2.45) is 0 Å². The maximum absolute atomic E-state index is 12.8. The van der Waals surface area contributed by atoms with E-state index in [0.717, 1.165) is 11.8 Å². The zero-order chi connectivity index (χ0) is 31.9. The van der Waals surface area contributed by atoms with E-state index in [1.807, 2.05) is 6.07 Å². The monoisotopic (exact) mass is 631 g/mol. The highest BCUT2D eigenvalue weighted by Gasteiger charge is 2.24. The van der Waals surface area contributed by atoms with Gasteiger partial charge in [0.25, 0.3) is 10.0 Å². The lowest BCUT2D eigenvalue weighted by molar-refractivity contribution is -0.113.